The van der Waals surface area contributed by atoms with Crippen LogP contribution in [0.25, 0.3) is 43.8 Å². The SMILES string of the molecule is CC1([B]C(C)(C)c2ccc(-c3ccc4ccc5cccnc5c4n3)c3ccccc23)CCCCCCC1. The molecule has 5 aromatic rings. The molecule has 0 aliphatic heterocycles. The third-order valence-electron chi connectivity index (χ3n) is 8.53. The van der Waals surface area contributed by atoms with Gasteiger partial charge in [0.05, 0.1) is 16.7 Å². The minimum absolute atomic E-state index is 0.0248. The molecule has 0 bridgehead atoms. The summed E-state index contributed by atoms with van der Waals surface area (Å²) in [7, 11) is 2.68. The van der Waals surface area contributed by atoms with Gasteiger partial charge < -0.3 is 0 Å². The van der Waals surface area contributed by atoms with Crippen molar-refractivity contribution < 1.29 is 0 Å². The fourth-order valence-corrected chi connectivity index (χ4v) is 6.76. The average Bonchev–Trinajstić information content (AvgIpc) is 2.90. The van der Waals surface area contributed by atoms with Crippen molar-refractivity contribution in [3.05, 3.63) is 84.6 Å². The highest BCUT2D eigenvalue weighted by Gasteiger charge is 2.35. The zero-order valence-corrected chi connectivity index (χ0v) is 22.4. The number of pyridine rings is 2. The molecule has 185 valence electrons. The molecule has 0 N–H and O–H groups in total. The Hall–Kier alpha value is -3.20. The molecule has 6 rings (SSSR count). The Morgan fingerprint density at radius 2 is 1.38 bits per heavy atom. The molecule has 3 aromatic carbocycles. The van der Waals surface area contributed by atoms with Gasteiger partial charge >= 0.3 is 0 Å². The van der Waals surface area contributed by atoms with Gasteiger partial charge in [-0.1, -0.05) is 132 Å². The van der Waals surface area contributed by atoms with Gasteiger partial charge in [0.1, 0.15) is 7.28 Å². The summed E-state index contributed by atoms with van der Waals surface area (Å²) in [5, 5.41) is 5.11. The van der Waals surface area contributed by atoms with Crippen molar-refractivity contribution in [2.45, 2.75) is 76.3 Å². The summed E-state index contributed by atoms with van der Waals surface area (Å²) in [6, 6.07) is 26.2. The van der Waals surface area contributed by atoms with Gasteiger partial charge in [0.15, 0.2) is 0 Å². The van der Waals surface area contributed by atoms with E-state index < -0.39 is 0 Å². The van der Waals surface area contributed by atoms with Crippen LogP contribution in [0.2, 0.25) is 5.31 Å². The van der Waals surface area contributed by atoms with E-state index in [1.807, 2.05) is 12.3 Å². The van der Waals surface area contributed by atoms with Crippen LogP contribution in [-0.4, -0.2) is 17.2 Å². The van der Waals surface area contributed by atoms with Gasteiger partial charge in [-0.25, -0.2) is 4.98 Å². The lowest BCUT2D eigenvalue weighted by atomic mass is 9.36. The highest BCUT2D eigenvalue weighted by atomic mass is 14.8. The van der Waals surface area contributed by atoms with Crippen molar-refractivity contribution in [3.63, 3.8) is 0 Å². The topological polar surface area (TPSA) is 25.8 Å². The van der Waals surface area contributed by atoms with Crippen LogP contribution in [0.1, 0.15) is 71.3 Å². The van der Waals surface area contributed by atoms with Crippen molar-refractivity contribution in [1.29, 1.82) is 0 Å². The summed E-state index contributed by atoms with van der Waals surface area (Å²) in [4.78, 5) is 9.83. The summed E-state index contributed by atoms with van der Waals surface area (Å²) < 4.78 is 0. The van der Waals surface area contributed by atoms with Gasteiger partial charge in [0.2, 0.25) is 0 Å². The van der Waals surface area contributed by atoms with Gasteiger partial charge in [-0.2, -0.15) is 0 Å². The predicted molar refractivity (Wildman–Crippen MR) is 159 cm³/mol. The second-order valence-electron chi connectivity index (χ2n) is 11.9. The molecular formula is C34H36BN2. The van der Waals surface area contributed by atoms with Crippen LogP contribution < -0.4 is 0 Å². The standard InChI is InChI=1S/C34H36BN2/c1-33(2,35-34(3)21-9-5-4-6-10-22-34)29-19-18-28(26-13-7-8-14-27(26)29)30-20-17-25-16-15-24-12-11-23-36-31(24)32(25)37-30/h7-8,11-20,23H,4-6,9-10,21-22H2,1-3H3. The second-order valence-corrected chi connectivity index (χ2v) is 11.9. The normalized spacial score (nSPS) is 16.5. The van der Waals surface area contributed by atoms with E-state index in [4.69, 9.17) is 4.98 Å². The number of nitrogens with zero attached hydrogens (tertiary/aromatic N) is 2. The van der Waals surface area contributed by atoms with Gasteiger partial charge in [0, 0.05) is 22.5 Å². The summed E-state index contributed by atoms with van der Waals surface area (Å²) in [5.74, 6) is 0. The number of hydrogen-bond acceptors (Lipinski definition) is 2. The molecule has 2 aromatic heterocycles. The smallest absolute Gasteiger partial charge is 0.131 e. The summed E-state index contributed by atoms with van der Waals surface area (Å²) >= 11 is 0. The lowest BCUT2D eigenvalue weighted by Gasteiger charge is -2.39. The summed E-state index contributed by atoms with van der Waals surface area (Å²) in [6.45, 7) is 7.31. The van der Waals surface area contributed by atoms with Gasteiger partial charge in [-0.3, -0.25) is 4.98 Å². The zero-order chi connectivity index (χ0) is 25.5. The van der Waals surface area contributed by atoms with Crippen LogP contribution in [0, 0.1) is 0 Å². The lowest BCUT2D eigenvalue weighted by Crippen LogP contribution is -2.35. The molecule has 0 saturated heterocycles. The van der Waals surface area contributed by atoms with Crippen LogP contribution in [0.15, 0.2) is 79.0 Å². The first-order valence-corrected chi connectivity index (χ1v) is 14.0. The van der Waals surface area contributed by atoms with Crippen LogP contribution in [0.5, 0.6) is 0 Å². The molecule has 3 heteroatoms. The van der Waals surface area contributed by atoms with Crippen LogP contribution in [0.3, 0.4) is 0 Å². The highest BCUT2D eigenvalue weighted by molar-refractivity contribution is 6.44. The fraction of sp³-hybridized carbons (Fsp3) is 0.353. The third-order valence-corrected chi connectivity index (χ3v) is 8.53. The van der Waals surface area contributed by atoms with Crippen LogP contribution in [-0.2, 0) is 5.31 Å². The molecule has 2 heterocycles. The van der Waals surface area contributed by atoms with Crippen LogP contribution in [0.4, 0.5) is 0 Å². The molecule has 1 aliphatic rings. The van der Waals surface area contributed by atoms with Crippen molar-refractivity contribution in [1.82, 2.24) is 9.97 Å². The summed E-state index contributed by atoms with van der Waals surface area (Å²) in [5.41, 5.74) is 5.52. The molecule has 37 heavy (non-hydrogen) atoms. The van der Waals surface area contributed by atoms with Gasteiger partial charge in [0.25, 0.3) is 0 Å². The Morgan fingerprint density at radius 3 is 2.16 bits per heavy atom. The van der Waals surface area contributed by atoms with Gasteiger partial charge in [-0.15, -0.1) is 0 Å². The van der Waals surface area contributed by atoms with Crippen molar-refractivity contribution in [2.75, 3.05) is 0 Å². The van der Waals surface area contributed by atoms with E-state index in [1.54, 1.807) is 0 Å². The molecule has 0 amide bonds. The van der Waals surface area contributed by atoms with Crippen molar-refractivity contribution in [3.8, 4) is 11.3 Å². The minimum Gasteiger partial charge on any atom is -0.254 e. The first-order chi connectivity index (χ1) is 17.9. The molecular weight excluding hydrogens is 447 g/mol. The molecule has 1 fully saturated rings. The summed E-state index contributed by atoms with van der Waals surface area (Å²) in [6.07, 6.45) is 11.3. The number of benzene rings is 3. The van der Waals surface area contributed by atoms with E-state index in [1.165, 1.54) is 66.8 Å². The maximum absolute atomic E-state index is 5.17. The molecule has 0 unspecified atom stereocenters. The molecule has 1 radical (unpaired) electrons. The fourth-order valence-electron chi connectivity index (χ4n) is 6.76. The van der Waals surface area contributed by atoms with Crippen LogP contribution >= 0.6 is 0 Å². The minimum atomic E-state index is -0.0248. The molecule has 2 nitrogen and oxygen atoms in total. The zero-order valence-electron chi connectivity index (χ0n) is 22.4. The van der Waals surface area contributed by atoms with E-state index in [2.05, 4.69) is 99.8 Å². The van der Waals surface area contributed by atoms with E-state index in [0.29, 0.717) is 0 Å². The quantitative estimate of drug-likeness (QED) is 0.188. The number of rotatable bonds is 4. The first-order valence-electron chi connectivity index (χ1n) is 14.0. The average molecular weight is 483 g/mol. The maximum atomic E-state index is 5.17. The largest absolute Gasteiger partial charge is 0.254 e. The number of aromatic nitrogens is 2. The Balaban J connectivity index is 1.44. The molecule has 1 aliphatic carbocycles. The van der Waals surface area contributed by atoms with E-state index in [0.717, 1.165) is 27.5 Å². The third kappa shape index (κ3) is 4.65. The first kappa shape index (κ1) is 24.2. The molecule has 0 atom stereocenters. The Labute approximate surface area is 221 Å². The number of hydrogen-bond donors (Lipinski definition) is 0. The van der Waals surface area contributed by atoms with E-state index in [-0.39, 0.29) is 10.6 Å². The monoisotopic (exact) mass is 483 g/mol. The highest BCUT2D eigenvalue weighted by Crippen LogP contribution is 2.45. The Kier molecular flexibility index (Phi) is 6.27. The number of fused-ring (bicyclic) bond motifs is 4. The van der Waals surface area contributed by atoms with Crippen molar-refractivity contribution in [2.24, 2.45) is 0 Å². The predicted octanol–water partition coefficient (Wildman–Crippen LogP) is 9.47. The van der Waals surface area contributed by atoms with E-state index in [9.17, 15) is 0 Å². The second kappa shape index (κ2) is 9.60. The van der Waals surface area contributed by atoms with Gasteiger partial charge in [-0.05, 0) is 33.8 Å². The maximum Gasteiger partial charge on any atom is 0.131 e. The molecule has 1 saturated carbocycles. The van der Waals surface area contributed by atoms with Crippen molar-refractivity contribution >= 4 is 39.9 Å². The Morgan fingerprint density at radius 1 is 0.703 bits per heavy atom. The van der Waals surface area contributed by atoms with E-state index >= 15 is 0 Å². The molecule has 0 spiro atoms. The Bertz CT molecular complexity index is 1580. The lowest BCUT2D eigenvalue weighted by molar-refractivity contribution is 0.409.